The Kier molecular flexibility index (Phi) is 15.5. The smallest absolute Gasteiger partial charge is 0.288 e. The third-order valence-electron chi connectivity index (χ3n) is 12.8. The predicted octanol–water partition coefficient (Wildman–Crippen LogP) is 3.26. The molecular weight excluding hydrogens is 761 g/mol. The van der Waals surface area contributed by atoms with Gasteiger partial charge in [0.15, 0.2) is 18.7 Å². The van der Waals surface area contributed by atoms with E-state index in [1.807, 2.05) is 76.9 Å². The number of rotatable bonds is 8. The highest BCUT2D eigenvalue weighted by atomic mass is 16.7. The molecule has 1 aromatic rings. The Balaban J connectivity index is 1.58. The van der Waals surface area contributed by atoms with Crippen molar-refractivity contribution in [3.63, 3.8) is 0 Å². The summed E-state index contributed by atoms with van der Waals surface area (Å²) < 4.78 is 38.9. The Morgan fingerprint density at radius 2 is 1.68 bits per heavy atom. The number of aliphatic imine (C=N–C) groups is 1. The number of methoxy groups -OCH3 is 1. The van der Waals surface area contributed by atoms with Gasteiger partial charge >= 0.3 is 0 Å². The second-order valence-corrected chi connectivity index (χ2v) is 18.6. The van der Waals surface area contributed by atoms with E-state index in [4.69, 9.17) is 33.4 Å². The zero-order chi connectivity index (χ0) is 43.6. The Morgan fingerprint density at radius 3 is 2.32 bits per heavy atom. The number of hydrogen-bond donors (Lipinski definition) is 4. The SMILES string of the molecule is CO[C@]1(C)C[C@H](O[C@H]2[C@H](C)[C@@H](O[C@@H]3O[C@H](C)CC4C3O/C(=N/C(C)C)N4C)[C@](C)(O)C[C@@H](C)CN(C)C(=O)C[C@H](O)[C@H](Cc3ccccc3)NC(=O)[C@@H]2C)O[C@@H](C)[C@@H]1O. The quantitative estimate of drug-likeness (QED) is 0.301. The zero-order valence-corrected chi connectivity index (χ0v) is 37.2. The molecule has 5 rings (SSSR count). The van der Waals surface area contributed by atoms with Crippen molar-refractivity contribution >= 4 is 17.8 Å². The van der Waals surface area contributed by atoms with Crippen LogP contribution in [-0.4, -0.2) is 155 Å². The topological polar surface area (TPSA) is 181 Å². The van der Waals surface area contributed by atoms with Crippen LogP contribution in [0.3, 0.4) is 0 Å². The first-order valence-corrected chi connectivity index (χ1v) is 21.4. The lowest BCUT2D eigenvalue weighted by molar-refractivity contribution is -0.313. The number of aliphatic hydroxyl groups excluding tert-OH is 2. The van der Waals surface area contributed by atoms with E-state index in [2.05, 4.69) is 5.32 Å². The molecule has 4 fully saturated rings. The van der Waals surface area contributed by atoms with Gasteiger partial charge in [0.2, 0.25) is 11.8 Å². The van der Waals surface area contributed by atoms with Gasteiger partial charge in [0.25, 0.3) is 6.02 Å². The standard InChI is InChI=1S/C44H72N4O11/c1-24(2)45-42-48(11)32-18-26(4)55-41(37(32)58-42)59-39-27(5)36(57-35-22-44(9,54-12)38(51)29(7)56-35)28(6)40(52)46-31(19-30-16-14-13-15-17-30)33(49)20-34(50)47(10)23-25(3)21-43(39,8)53/h13-17,24-29,31-33,35-39,41,49,51,53H,18-23H2,1-12H3,(H,46,52)/b45-42+/t25-,26-,27+,28-,29+,31+,32?,33+,35+,36+,37?,38+,39-,41+,43-,44-/m1/s1. The molecule has 16 atom stereocenters. The normalized spacial score (nSPS) is 42.5. The third kappa shape index (κ3) is 11.1. The van der Waals surface area contributed by atoms with Crippen molar-refractivity contribution < 1.29 is 53.3 Å². The van der Waals surface area contributed by atoms with Gasteiger partial charge in [-0.2, -0.15) is 0 Å². The highest BCUT2D eigenvalue weighted by Gasteiger charge is 2.54. The first-order chi connectivity index (χ1) is 27.6. The fourth-order valence-corrected chi connectivity index (χ4v) is 9.50. The van der Waals surface area contributed by atoms with E-state index >= 15 is 0 Å². The van der Waals surface area contributed by atoms with Gasteiger partial charge in [-0.3, -0.25) is 9.59 Å². The van der Waals surface area contributed by atoms with E-state index in [1.165, 1.54) is 7.11 Å². The van der Waals surface area contributed by atoms with Crippen LogP contribution >= 0.6 is 0 Å². The van der Waals surface area contributed by atoms with Crippen molar-refractivity contribution in [2.45, 2.75) is 179 Å². The second-order valence-electron chi connectivity index (χ2n) is 18.6. The third-order valence-corrected chi connectivity index (χ3v) is 12.8. The van der Waals surface area contributed by atoms with Gasteiger partial charge in [-0.05, 0) is 72.3 Å². The van der Waals surface area contributed by atoms with E-state index in [1.54, 1.807) is 39.6 Å². The van der Waals surface area contributed by atoms with Crippen LogP contribution in [-0.2, 0) is 44.4 Å². The van der Waals surface area contributed by atoms with E-state index < -0.39 is 84.2 Å². The van der Waals surface area contributed by atoms with Gasteiger partial charge in [-0.15, -0.1) is 0 Å². The lowest BCUT2D eigenvalue weighted by Crippen LogP contribution is -2.60. The molecule has 15 heteroatoms. The van der Waals surface area contributed by atoms with Gasteiger partial charge in [0, 0.05) is 46.1 Å². The lowest BCUT2D eigenvalue weighted by atomic mass is 9.77. The van der Waals surface area contributed by atoms with Crippen LogP contribution in [0, 0.1) is 17.8 Å². The van der Waals surface area contributed by atoms with Gasteiger partial charge in [0.1, 0.15) is 6.10 Å². The summed E-state index contributed by atoms with van der Waals surface area (Å²) in [6, 6.07) is 9.05. The number of nitrogens with zero attached hydrogens (tertiary/aromatic N) is 3. The minimum Gasteiger partial charge on any atom is -0.454 e. The number of carbonyl (C=O) groups is 2. The van der Waals surface area contributed by atoms with E-state index in [9.17, 15) is 24.9 Å². The first-order valence-electron chi connectivity index (χ1n) is 21.4. The van der Waals surface area contributed by atoms with Gasteiger partial charge in [-0.25, -0.2) is 4.99 Å². The molecule has 0 saturated carbocycles. The van der Waals surface area contributed by atoms with E-state index in [0.717, 1.165) is 5.56 Å². The Morgan fingerprint density at radius 1 is 1.00 bits per heavy atom. The van der Waals surface area contributed by atoms with Crippen LogP contribution in [0.4, 0.5) is 0 Å². The van der Waals surface area contributed by atoms with Crippen LogP contribution in [0.2, 0.25) is 0 Å². The number of benzene rings is 1. The van der Waals surface area contributed by atoms with Crippen LogP contribution in [0.15, 0.2) is 35.3 Å². The molecule has 0 bridgehead atoms. The highest BCUT2D eigenvalue weighted by Crippen LogP contribution is 2.41. The van der Waals surface area contributed by atoms with Crippen molar-refractivity contribution in [2.24, 2.45) is 22.7 Å². The molecule has 4 saturated heterocycles. The average molecular weight is 833 g/mol. The number of aliphatic hydroxyl groups is 3. The summed E-state index contributed by atoms with van der Waals surface area (Å²) in [4.78, 5) is 36.5. The molecule has 0 radical (unpaired) electrons. The molecule has 4 aliphatic rings. The fourth-order valence-electron chi connectivity index (χ4n) is 9.50. The second kappa shape index (κ2) is 19.4. The van der Waals surface area contributed by atoms with Gasteiger partial charge in [0.05, 0.1) is 66.1 Å². The highest BCUT2D eigenvalue weighted by molar-refractivity contribution is 5.80. The summed E-state index contributed by atoms with van der Waals surface area (Å²) in [6.07, 6.45) is -6.31. The van der Waals surface area contributed by atoms with Crippen LogP contribution < -0.4 is 5.32 Å². The largest absolute Gasteiger partial charge is 0.454 e. The maximum absolute atomic E-state index is 14.6. The maximum atomic E-state index is 14.6. The summed E-state index contributed by atoms with van der Waals surface area (Å²) in [7, 11) is 5.16. The molecule has 1 aromatic carbocycles. The van der Waals surface area contributed by atoms with Crippen molar-refractivity contribution in [2.75, 3.05) is 27.7 Å². The summed E-state index contributed by atoms with van der Waals surface area (Å²) >= 11 is 0. The number of carbonyl (C=O) groups excluding carboxylic acids is 2. The minimum absolute atomic E-state index is 0.00824. The van der Waals surface area contributed by atoms with Crippen LogP contribution in [0.25, 0.3) is 0 Å². The number of likely N-dealkylation sites (N-methyl/N-ethyl adjacent to an activating group) is 1. The van der Waals surface area contributed by atoms with Gasteiger partial charge < -0.3 is 58.9 Å². The Hall–Kier alpha value is -2.89. The van der Waals surface area contributed by atoms with E-state index in [0.29, 0.717) is 19.0 Å². The number of hydrogen-bond acceptors (Lipinski definition) is 12. The zero-order valence-electron chi connectivity index (χ0n) is 37.2. The number of amidine groups is 1. The molecule has 15 nitrogen and oxygen atoms in total. The molecule has 2 amide bonds. The summed E-state index contributed by atoms with van der Waals surface area (Å²) in [6.45, 7) is 17.1. The van der Waals surface area contributed by atoms with Crippen LogP contribution in [0.1, 0.15) is 93.6 Å². The van der Waals surface area contributed by atoms with E-state index in [-0.39, 0.29) is 55.7 Å². The van der Waals surface area contributed by atoms with Crippen molar-refractivity contribution in [3.05, 3.63) is 35.9 Å². The molecule has 0 aliphatic carbocycles. The molecule has 59 heavy (non-hydrogen) atoms. The molecule has 4 heterocycles. The summed E-state index contributed by atoms with van der Waals surface area (Å²) in [5.41, 5.74) is -1.70. The minimum atomic E-state index is -1.56. The molecule has 4 N–H and O–H groups in total. The average Bonchev–Trinajstić information content (AvgIpc) is 3.46. The van der Waals surface area contributed by atoms with Crippen molar-refractivity contribution in [3.8, 4) is 0 Å². The molecular formula is C44H72N4O11. The Labute approximate surface area is 351 Å². The van der Waals surface area contributed by atoms with Gasteiger partial charge in [-0.1, -0.05) is 51.1 Å². The molecule has 334 valence electrons. The summed E-state index contributed by atoms with van der Waals surface area (Å²) in [5.74, 6) is -2.55. The number of nitrogens with one attached hydrogen (secondary N) is 1. The lowest BCUT2D eigenvalue weighted by Gasteiger charge is -2.48. The predicted molar refractivity (Wildman–Crippen MR) is 221 cm³/mol. The first kappa shape index (κ1) is 47.2. The van der Waals surface area contributed by atoms with Crippen molar-refractivity contribution in [1.82, 2.24) is 15.1 Å². The number of amides is 2. The maximum Gasteiger partial charge on any atom is 0.288 e. The van der Waals surface area contributed by atoms with Crippen molar-refractivity contribution in [1.29, 1.82) is 0 Å². The van der Waals surface area contributed by atoms with Crippen LogP contribution in [0.5, 0.6) is 0 Å². The fraction of sp³-hybridized carbons (Fsp3) is 0.795. The Bertz CT molecular complexity index is 1580. The molecule has 4 aliphatic heterocycles. The molecule has 2 unspecified atom stereocenters. The summed E-state index contributed by atoms with van der Waals surface area (Å²) in [5, 5.41) is 38.5. The molecule has 0 aromatic heterocycles. The number of fused-ring (bicyclic) bond motifs is 1. The number of ether oxygens (including phenoxy) is 6. The monoisotopic (exact) mass is 833 g/mol. The molecule has 0 spiro atoms.